The van der Waals surface area contributed by atoms with Crippen LogP contribution in [0.3, 0.4) is 0 Å². The third-order valence-corrected chi connectivity index (χ3v) is 2.42. The highest BCUT2D eigenvalue weighted by molar-refractivity contribution is 5.76. The van der Waals surface area contributed by atoms with E-state index in [9.17, 15) is 14.4 Å². The topological polar surface area (TPSA) is 98.0 Å². The second kappa shape index (κ2) is 6.17. The predicted molar refractivity (Wildman–Crippen MR) is 71.1 cm³/mol. The fourth-order valence-corrected chi connectivity index (χ4v) is 1.50. The first-order valence-corrected chi connectivity index (χ1v) is 6.00. The number of aryl methyl sites for hydroxylation is 1. The maximum atomic E-state index is 11.7. The number of anilines is 1. The number of carbonyl (C=O) groups is 1. The molecule has 0 aromatic carbocycles. The molecule has 8 heteroatoms. The van der Waals surface area contributed by atoms with Gasteiger partial charge in [0, 0.05) is 33.1 Å². The number of amides is 1. The van der Waals surface area contributed by atoms with Gasteiger partial charge in [0.05, 0.1) is 0 Å². The monoisotopic (exact) mass is 269 g/mol. The second-order valence-corrected chi connectivity index (χ2v) is 4.52. The van der Waals surface area contributed by atoms with Crippen LogP contribution in [0.4, 0.5) is 5.82 Å². The molecule has 106 valence electrons. The Hall–Kier alpha value is -2.12. The molecule has 1 aromatic rings. The lowest BCUT2D eigenvalue weighted by Crippen LogP contribution is -2.40. The van der Waals surface area contributed by atoms with Gasteiger partial charge in [0.2, 0.25) is 11.7 Å². The van der Waals surface area contributed by atoms with Gasteiger partial charge in [-0.2, -0.15) is 0 Å². The van der Waals surface area contributed by atoms with E-state index in [1.54, 1.807) is 0 Å². The van der Waals surface area contributed by atoms with Crippen molar-refractivity contribution in [2.45, 2.75) is 26.3 Å². The summed E-state index contributed by atoms with van der Waals surface area (Å²) in [5.74, 6) is -0.0499. The van der Waals surface area contributed by atoms with E-state index in [2.05, 4.69) is 15.7 Å². The number of rotatable bonds is 5. The Bertz CT molecular complexity index is 573. The number of carbonyl (C=O) groups excluding carboxylic acids is 1. The van der Waals surface area contributed by atoms with Crippen molar-refractivity contribution in [3.05, 3.63) is 20.8 Å². The first kappa shape index (κ1) is 14.9. The van der Waals surface area contributed by atoms with E-state index in [1.165, 1.54) is 14.1 Å². The second-order valence-electron chi connectivity index (χ2n) is 4.52. The molecule has 0 aliphatic heterocycles. The number of hydrogen-bond donors (Lipinski definition) is 2. The number of hydrogen-bond acceptors (Lipinski definition) is 5. The molecule has 0 atom stereocenters. The maximum Gasteiger partial charge on any atom is 0.346 e. The van der Waals surface area contributed by atoms with Crippen LogP contribution >= 0.6 is 0 Å². The van der Waals surface area contributed by atoms with Crippen LogP contribution in [-0.4, -0.2) is 32.8 Å². The average molecular weight is 269 g/mol. The maximum absolute atomic E-state index is 11.7. The van der Waals surface area contributed by atoms with Crippen LogP contribution in [0.25, 0.3) is 0 Å². The van der Waals surface area contributed by atoms with Crippen molar-refractivity contribution in [3.8, 4) is 0 Å². The smallest absolute Gasteiger partial charge is 0.346 e. The zero-order valence-electron chi connectivity index (χ0n) is 11.6. The van der Waals surface area contributed by atoms with Crippen molar-refractivity contribution in [1.82, 2.24) is 19.7 Å². The normalized spacial score (nSPS) is 10.6. The van der Waals surface area contributed by atoms with Crippen LogP contribution in [0.2, 0.25) is 0 Å². The zero-order chi connectivity index (χ0) is 14.6. The van der Waals surface area contributed by atoms with E-state index >= 15 is 0 Å². The lowest BCUT2D eigenvalue weighted by molar-refractivity contribution is -0.121. The van der Waals surface area contributed by atoms with Crippen LogP contribution in [0.1, 0.15) is 20.3 Å². The van der Waals surface area contributed by atoms with Gasteiger partial charge >= 0.3 is 5.69 Å². The van der Waals surface area contributed by atoms with Crippen LogP contribution < -0.4 is 21.9 Å². The van der Waals surface area contributed by atoms with Crippen molar-refractivity contribution < 1.29 is 4.79 Å². The molecule has 0 saturated carbocycles. The molecular formula is C11H19N5O3. The molecule has 8 nitrogen and oxygen atoms in total. The van der Waals surface area contributed by atoms with E-state index in [4.69, 9.17) is 0 Å². The molecule has 0 saturated heterocycles. The first-order chi connectivity index (χ1) is 8.82. The molecule has 0 radical (unpaired) electrons. The Balaban J connectivity index is 2.67. The molecule has 0 aliphatic rings. The molecule has 19 heavy (non-hydrogen) atoms. The van der Waals surface area contributed by atoms with Gasteiger partial charge in [-0.05, 0) is 13.8 Å². The molecule has 1 amide bonds. The SMILES string of the molecule is CC(C)NC(=O)CCNc1nn(C)c(=O)n(C)c1=O. The van der Waals surface area contributed by atoms with E-state index in [0.29, 0.717) is 0 Å². The Morgan fingerprint density at radius 1 is 1.32 bits per heavy atom. The summed E-state index contributed by atoms with van der Waals surface area (Å²) in [5, 5.41) is 9.32. The van der Waals surface area contributed by atoms with Crippen LogP contribution in [0.5, 0.6) is 0 Å². The summed E-state index contributed by atoms with van der Waals surface area (Å²) in [7, 11) is 2.83. The van der Waals surface area contributed by atoms with Crippen molar-refractivity contribution in [3.63, 3.8) is 0 Å². The van der Waals surface area contributed by atoms with Crippen molar-refractivity contribution in [2.24, 2.45) is 14.1 Å². The van der Waals surface area contributed by atoms with Gasteiger partial charge in [-0.15, -0.1) is 5.10 Å². The van der Waals surface area contributed by atoms with Crippen LogP contribution in [0, 0.1) is 0 Å². The van der Waals surface area contributed by atoms with Crippen LogP contribution in [0.15, 0.2) is 9.59 Å². The Labute approximate surface area is 110 Å². The average Bonchev–Trinajstić information content (AvgIpc) is 2.32. The fourth-order valence-electron chi connectivity index (χ4n) is 1.50. The predicted octanol–water partition coefficient (Wildman–Crippen LogP) is -1.19. The van der Waals surface area contributed by atoms with E-state index in [1.807, 2.05) is 13.8 Å². The molecule has 0 fully saturated rings. The molecule has 0 bridgehead atoms. The molecule has 1 rings (SSSR count). The van der Waals surface area contributed by atoms with Gasteiger partial charge in [-0.25, -0.2) is 9.48 Å². The minimum atomic E-state index is -0.507. The van der Waals surface area contributed by atoms with E-state index in [0.717, 1.165) is 9.25 Å². The lowest BCUT2D eigenvalue weighted by Gasteiger charge is -2.09. The van der Waals surface area contributed by atoms with Crippen LogP contribution in [-0.2, 0) is 18.9 Å². The van der Waals surface area contributed by atoms with E-state index < -0.39 is 11.2 Å². The number of aromatic nitrogens is 3. The largest absolute Gasteiger partial charge is 0.364 e. The highest BCUT2D eigenvalue weighted by atomic mass is 16.2. The van der Waals surface area contributed by atoms with Gasteiger partial charge in [0.15, 0.2) is 0 Å². The summed E-state index contributed by atoms with van der Waals surface area (Å²) in [6, 6.07) is 0.0797. The fraction of sp³-hybridized carbons (Fsp3) is 0.636. The Morgan fingerprint density at radius 3 is 2.53 bits per heavy atom. The third-order valence-electron chi connectivity index (χ3n) is 2.42. The number of nitrogens with zero attached hydrogens (tertiary/aromatic N) is 3. The minimum Gasteiger partial charge on any atom is -0.364 e. The third kappa shape index (κ3) is 3.94. The lowest BCUT2D eigenvalue weighted by atomic mass is 10.3. The molecule has 0 aliphatic carbocycles. The van der Waals surface area contributed by atoms with Crippen molar-refractivity contribution in [2.75, 3.05) is 11.9 Å². The van der Waals surface area contributed by atoms with Crippen molar-refractivity contribution in [1.29, 1.82) is 0 Å². The standard InChI is InChI=1S/C11H19N5O3/c1-7(2)13-8(17)5-6-12-9-10(18)15(3)11(19)16(4)14-9/h7H,5-6H2,1-4H3,(H,12,14)(H,13,17). The van der Waals surface area contributed by atoms with Gasteiger partial charge in [-0.1, -0.05) is 0 Å². The molecule has 0 spiro atoms. The minimum absolute atomic E-state index is 0.0574. The van der Waals surface area contributed by atoms with E-state index in [-0.39, 0.29) is 30.7 Å². The molecule has 2 N–H and O–H groups in total. The molecule has 0 unspecified atom stereocenters. The summed E-state index contributed by atoms with van der Waals surface area (Å²) in [4.78, 5) is 34.5. The molecule has 1 heterocycles. The Kier molecular flexibility index (Phi) is 4.85. The summed E-state index contributed by atoms with van der Waals surface area (Å²) in [5.41, 5.74) is -1.000. The molecular weight excluding hydrogens is 250 g/mol. The van der Waals surface area contributed by atoms with Gasteiger partial charge < -0.3 is 10.6 Å². The molecule has 1 aromatic heterocycles. The number of nitrogens with one attached hydrogen (secondary N) is 2. The van der Waals surface area contributed by atoms with Gasteiger partial charge in [0.1, 0.15) is 0 Å². The summed E-state index contributed by atoms with van der Waals surface area (Å²) in [6.07, 6.45) is 0.228. The summed E-state index contributed by atoms with van der Waals surface area (Å²) < 4.78 is 2.03. The zero-order valence-corrected chi connectivity index (χ0v) is 11.6. The van der Waals surface area contributed by atoms with Crippen molar-refractivity contribution >= 4 is 11.7 Å². The Morgan fingerprint density at radius 2 is 1.95 bits per heavy atom. The summed E-state index contributed by atoms with van der Waals surface area (Å²) >= 11 is 0. The summed E-state index contributed by atoms with van der Waals surface area (Å²) in [6.45, 7) is 4.02. The quantitative estimate of drug-likeness (QED) is 0.700. The van der Waals surface area contributed by atoms with Gasteiger partial charge in [-0.3, -0.25) is 14.2 Å². The first-order valence-electron chi connectivity index (χ1n) is 6.00. The highest BCUT2D eigenvalue weighted by Crippen LogP contribution is 1.91. The van der Waals surface area contributed by atoms with Gasteiger partial charge in [0.25, 0.3) is 5.56 Å². The highest BCUT2D eigenvalue weighted by Gasteiger charge is 2.09.